The molecule has 36 heavy (non-hydrogen) atoms. The van der Waals surface area contributed by atoms with Crippen molar-refractivity contribution in [2.24, 2.45) is 17.6 Å². The van der Waals surface area contributed by atoms with Crippen molar-refractivity contribution in [3.05, 3.63) is 31.6 Å². The van der Waals surface area contributed by atoms with Crippen LogP contribution >= 0.6 is 46.6 Å². The lowest BCUT2D eigenvalue weighted by atomic mass is 9.57. The Hall–Kier alpha value is -2.11. The lowest BCUT2D eigenvalue weighted by Gasteiger charge is -2.50. The van der Waals surface area contributed by atoms with Gasteiger partial charge in [-0.1, -0.05) is 0 Å². The van der Waals surface area contributed by atoms with E-state index in [2.05, 4.69) is 0 Å². The number of primary amides is 1. The second-order valence-electron chi connectivity index (χ2n) is 9.63. The van der Waals surface area contributed by atoms with E-state index >= 15 is 0 Å². The number of halogens is 2. The first-order chi connectivity index (χ1) is 16.2. The van der Waals surface area contributed by atoms with Crippen LogP contribution in [-0.4, -0.2) is 82.6 Å². The molecule has 3 aliphatic rings. The van der Waals surface area contributed by atoms with E-state index in [0.29, 0.717) is 14.8 Å². The number of fused-ring (bicyclic) bond motifs is 3. The molecule has 3 aliphatic carbocycles. The number of hydrogen-bond donors (Lipinski definition) is 6. The number of likely N-dealkylation sites (N-methyl/N-ethyl adjacent to an activating group) is 1. The Morgan fingerprint density at radius 1 is 1.14 bits per heavy atom. The number of aromatic hydroxyl groups is 1. The van der Waals surface area contributed by atoms with Crippen LogP contribution in [0.4, 0.5) is 11.4 Å². The molecule has 1 aromatic carbocycles. The van der Waals surface area contributed by atoms with E-state index in [1.165, 1.54) is 4.90 Å². The minimum Gasteiger partial charge on any atom is -0.508 e. The molecule has 0 aromatic heterocycles. The number of carbonyl (C=O) groups is 3. The molecule has 196 valence electrons. The number of anilines is 2. The number of nitrogens with zero attached hydrogens (tertiary/aromatic N) is 2. The first-order valence-corrected chi connectivity index (χ1v) is 11.9. The van der Waals surface area contributed by atoms with Crippen molar-refractivity contribution < 1.29 is 34.8 Å². The molecule has 0 heterocycles. The zero-order valence-corrected chi connectivity index (χ0v) is 24.5. The van der Waals surface area contributed by atoms with Crippen LogP contribution < -0.4 is 16.4 Å². The number of carbonyl (C=O) groups excluding carboxylic acids is 3. The summed E-state index contributed by atoms with van der Waals surface area (Å²) < 4.78 is 0.574. The van der Waals surface area contributed by atoms with E-state index in [1.807, 2.05) is 22.6 Å². The molecule has 0 bridgehead atoms. The summed E-state index contributed by atoms with van der Waals surface area (Å²) in [5.41, 5.74) is 8.92. The Bertz CT molecular complexity index is 1270. The molecular weight excluding hydrogens is 698 g/mol. The number of rotatable bonds is 3. The zero-order valence-electron chi connectivity index (χ0n) is 20.0. The molecule has 0 spiro atoms. The summed E-state index contributed by atoms with van der Waals surface area (Å²) in [6.45, 7) is 0. The van der Waals surface area contributed by atoms with Crippen molar-refractivity contribution >= 4 is 81.2 Å². The lowest BCUT2D eigenvalue weighted by Crippen LogP contribution is -2.65. The quantitative estimate of drug-likeness (QED) is 0.113. The van der Waals surface area contributed by atoms with Crippen LogP contribution in [0, 0.1) is 15.4 Å². The molecule has 0 radical (unpaired) electrons. The maximum Gasteiger partial charge on any atom is 0.255 e. The maximum absolute atomic E-state index is 13.8. The number of aliphatic hydroxyl groups is 3. The van der Waals surface area contributed by atoms with Gasteiger partial charge in [-0.3, -0.25) is 19.3 Å². The van der Waals surface area contributed by atoms with E-state index in [9.17, 15) is 34.8 Å². The number of phenolic OH excluding ortho intramolecular Hbond substituents is 1. The fourth-order valence-corrected chi connectivity index (χ4v) is 6.88. The highest BCUT2D eigenvalue weighted by Crippen LogP contribution is 2.55. The third-order valence-electron chi connectivity index (χ3n) is 7.28. The van der Waals surface area contributed by atoms with Gasteiger partial charge in [-0.2, -0.15) is 0 Å². The molecule has 11 nitrogen and oxygen atoms in total. The molecular formula is C23H28I2N4O7. The van der Waals surface area contributed by atoms with Crippen molar-refractivity contribution in [3.63, 3.8) is 0 Å². The second kappa shape index (κ2) is 9.33. The topological polar surface area (TPSA) is 191 Å². The van der Waals surface area contributed by atoms with Crippen LogP contribution in [0.1, 0.15) is 17.5 Å². The van der Waals surface area contributed by atoms with Crippen LogP contribution in [-0.2, 0) is 20.8 Å². The molecule has 1 saturated carbocycles. The summed E-state index contributed by atoms with van der Waals surface area (Å²) in [7, 11) is 6.68. The zero-order chi connectivity index (χ0) is 26.3. The number of aliphatic hydroxyl groups excluding tert-OH is 2. The van der Waals surface area contributed by atoms with Crippen LogP contribution in [0.25, 0.3) is 5.76 Å². The Morgan fingerprint density at radius 2 is 1.72 bits per heavy atom. The van der Waals surface area contributed by atoms with Gasteiger partial charge < -0.3 is 36.8 Å². The van der Waals surface area contributed by atoms with E-state index in [1.54, 1.807) is 33.1 Å². The van der Waals surface area contributed by atoms with Gasteiger partial charge in [0.1, 0.15) is 17.1 Å². The van der Waals surface area contributed by atoms with Gasteiger partial charge in [0.05, 0.1) is 26.6 Å². The van der Waals surface area contributed by atoms with Gasteiger partial charge in [0.25, 0.3) is 5.91 Å². The van der Waals surface area contributed by atoms with Gasteiger partial charge in [0.2, 0.25) is 5.78 Å². The Morgan fingerprint density at radius 3 is 2.22 bits per heavy atom. The molecule has 1 aromatic rings. The van der Waals surface area contributed by atoms with Gasteiger partial charge in [-0.25, -0.2) is 0 Å². The molecule has 1 fully saturated rings. The Balaban J connectivity index is 0.00000361. The van der Waals surface area contributed by atoms with Crippen molar-refractivity contribution in [1.29, 1.82) is 0 Å². The minimum atomic E-state index is -2.67. The van der Waals surface area contributed by atoms with Gasteiger partial charge in [0.15, 0.2) is 17.1 Å². The van der Waals surface area contributed by atoms with E-state index in [-0.39, 0.29) is 53.6 Å². The fraction of sp³-hybridized carbons (Fsp3) is 0.435. The smallest absolute Gasteiger partial charge is 0.255 e. The van der Waals surface area contributed by atoms with Crippen LogP contribution in [0.3, 0.4) is 0 Å². The average Bonchev–Trinajstić information content (AvgIpc) is 2.74. The highest BCUT2D eigenvalue weighted by Gasteiger charge is 2.64. The highest BCUT2D eigenvalue weighted by atomic mass is 127. The summed E-state index contributed by atoms with van der Waals surface area (Å²) >= 11 is 2.00. The van der Waals surface area contributed by atoms with Gasteiger partial charge >= 0.3 is 0 Å². The first-order valence-electron chi connectivity index (χ1n) is 10.8. The minimum absolute atomic E-state index is 0. The number of nitrogen functional groups attached to an aromatic ring is 1. The Kier molecular flexibility index (Phi) is 7.37. The third-order valence-corrected chi connectivity index (χ3v) is 8.38. The maximum atomic E-state index is 13.8. The van der Waals surface area contributed by atoms with E-state index in [4.69, 9.17) is 11.5 Å². The monoisotopic (exact) mass is 726 g/mol. The van der Waals surface area contributed by atoms with Gasteiger partial charge in [0, 0.05) is 25.6 Å². The molecule has 13 heteroatoms. The predicted octanol–water partition coefficient (Wildman–Crippen LogP) is 0.835. The SMILES string of the molecule is CN(C)c1c(I)c(N)c(O)c2c1CC1CC3[C@H](N(C)C)C(=O)C(C(N)=O)=C(O)C3(O)C(=O)C1=C2O.I. The molecule has 1 amide bonds. The standard InChI is InChI=1S/C23H27IN4O7.HI/c1-27(2)15-8-5-7-6-9-16(28(3)4)19(31)12(22(26)34)21(33)23(9,35)20(32)10(7)17(29)11(8)18(30)14(25)13(15)24;/h7,9,16,29-30,33,35H,5-6,25H2,1-4H3,(H2,26,34);1H/t7?,9?,16-,23?;/m0./s1. The summed E-state index contributed by atoms with van der Waals surface area (Å²) in [4.78, 5) is 42.2. The Labute approximate surface area is 238 Å². The largest absolute Gasteiger partial charge is 0.508 e. The lowest BCUT2D eigenvalue weighted by molar-refractivity contribution is -0.153. The number of amides is 1. The van der Waals surface area contributed by atoms with Crippen molar-refractivity contribution in [1.82, 2.24) is 4.90 Å². The number of ketones is 2. The number of benzene rings is 1. The summed E-state index contributed by atoms with van der Waals surface area (Å²) in [5.74, 6) is -6.96. The predicted molar refractivity (Wildman–Crippen MR) is 151 cm³/mol. The van der Waals surface area contributed by atoms with Crippen LogP contribution in [0.15, 0.2) is 16.9 Å². The number of Topliss-reactive ketones (excluding diaryl/α,β-unsaturated/α-hetero) is 2. The van der Waals surface area contributed by atoms with Crippen molar-refractivity contribution in [2.75, 3.05) is 38.8 Å². The van der Waals surface area contributed by atoms with Gasteiger partial charge in [-0.05, 0) is 61.0 Å². The number of nitrogens with two attached hydrogens (primary N) is 2. The number of phenols is 1. The third kappa shape index (κ3) is 3.60. The second-order valence-corrected chi connectivity index (χ2v) is 10.7. The van der Waals surface area contributed by atoms with Crippen molar-refractivity contribution in [3.8, 4) is 5.75 Å². The molecule has 0 aliphatic heterocycles. The fourth-order valence-electron chi connectivity index (χ4n) is 5.81. The average molecular weight is 726 g/mol. The van der Waals surface area contributed by atoms with Crippen LogP contribution in [0.2, 0.25) is 0 Å². The van der Waals surface area contributed by atoms with E-state index in [0.717, 1.165) is 0 Å². The number of hydrogen-bond acceptors (Lipinski definition) is 10. The summed E-state index contributed by atoms with van der Waals surface area (Å²) in [6, 6.07) is -1.12. The molecule has 4 atom stereocenters. The molecule has 8 N–H and O–H groups in total. The summed E-state index contributed by atoms with van der Waals surface area (Å²) in [5, 5.41) is 44.5. The normalized spacial score (nSPS) is 27.4. The van der Waals surface area contributed by atoms with Gasteiger partial charge in [-0.15, -0.1) is 24.0 Å². The molecule has 3 unspecified atom stereocenters. The summed E-state index contributed by atoms with van der Waals surface area (Å²) in [6.07, 6.45) is 0.228. The molecule has 4 rings (SSSR count). The first kappa shape index (κ1) is 28.5. The van der Waals surface area contributed by atoms with Crippen molar-refractivity contribution in [2.45, 2.75) is 24.5 Å². The van der Waals surface area contributed by atoms with Crippen LogP contribution in [0.5, 0.6) is 5.75 Å². The molecule has 0 saturated heterocycles. The highest BCUT2D eigenvalue weighted by molar-refractivity contribution is 14.1. The van der Waals surface area contributed by atoms with E-state index < -0.39 is 63.8 Å².